The summed E-state index contributed by atoms with van der Waals surface area (Å²) in [6.45, 7) is 5.54. The Hall–Kier alpha value is -1.38. The van der Waals surface area contributed by atoms with Crippen molar-refractivity contribution in [2.45, 2.75) is 20.4 Å². The van der Waals surface area contributed by atoms with Crippen molar-refractivity contribution in [3.63, 3.8) is 0 Å². The lowest BCUT2D eigenvalue weighted by molar-refractivity contribution is 0.272. The number of hydrogen-bond acceptors (Lipinski definition) is 2. The molecule has 2 nitrogen and oxygen atoms in total. The quantitative estimate of drug-likeness (QED) is 0.742. The second kappa shape index (κ2) is 7.58. The van der Waals surface area contributed by atoms with Crippen molar-refractivity contribution in [3.8, 4) is 5.75 Å². The van der Waals surface area contributed by atoms with Gasteiger partial charge < -0.3 is 10.1 Å². The molecule has 0 fully saturated rings. The van der Waals surface area contributed by atoms with E-state index in [-0.39, 0.29) is 0 Å². The molecule has 0 amide bonds. The second-order valence-electron chi connectivity index (χ2n) is 5.29. The SMILES string of the molecule is CC(C)COc1ccccc1NCc1cc(Cl)ccc1Cl. The molecule has 1 N–H and O–H groups in total. The zero-order valence-corrected chi connectivity index (χ0v) is 13.7. The molecule has 0 bridgehead atoms. The van der Waals surface area contributed by atoms with Crippen molar-refractivity contribution in [2.24, 2.45) is 5.92 Å². The molecule has 0 aliphatic carbocycles. The van der Waals surface area contributed by atoms with E-state index in [0.717, 1.165) is 17.0 Å². The number of benzene rings is 2. The molecule has 0 atom stereocenters. The van der Waals surface area contributed by atoms with E-state index in [4.69, 9.17) is 27.9 Å². The Morgan fingerprint density at radius 2 is 1.86 bits per heavy atom. The average Bonchev–Trinajstić information content (AvgIpc) is 2.47. The third-order valence-corrected chi connectivity index (χ3v) is 3.54. The van der Waals surface area contributed by atoms with E-state index in [0.29, 0.717) is 29.1 Å². The molecule has 0 aliphatic rings. The summed E-state index contributed by atoms with van der Waals surface area (Å²) in [5, 5.41) is 4.74. The molecular weight excluding hydrogens is 305 g/mol. The standard InChI is InChI=1S/C17H19Cl2NO/c1-12(2)11-21-17-6-4-3-5-16(17)20-10-13-9-14(18)7-8-15(13)19/h3-9,12,20H,10-11H2,1-2H3. The maximum absolute atomic E-state index is 6.18. The summed E-state index contributed by atoms with van der Waals surface area (Å²) in [4.78, 5) is 0. The van der Waals surface area contributed by atoms with Crippen LogP contribution in [0.2, 0.25) is 10.0 Å². The highest BCUT2D eigenvalue weighted by Crippen LogP contribution is 2.27. The number of para-hydroxylation sites is 2. The maximum Gasteiger partial charge on any atom is 0.142 e. The van der Waals surface area contributed by atoms with Crippen molar-refractivity contribution >= 4 is 28.9 Å². The van der Waals surface area contributed by atoms with E-state index in [1.54, 1.807) is 6.07 Å². The molecule has 112 valence electrons. The first-order chi connectivity index (χ1) is 10.1. The Kier molecular flexibility index (Phi) is 5.77. The molecule has 2 rings (SSSR count). The number of anilines is 1. The highest BCUT2D eigenvalue weighted by molar-refractivity contribution is 6.33. The summed E-state index contributed by atoms with van der Waals surface area (Å²) < 4.78 is 5.82. The first-order valence-electron chi connectivity index (χ1n) is 6.96. The minimum absolute atomic E-state index is 0.487. The van der Waals surface area contributed by atoms with Crippen molar-refractivity contribution in [3.05, 3.63) is 58.1 Å². The molecule has 4 heteroatoms. The van der Waals surface area contributed by atoms with Gasteiger partial charge >= 0.3 is 0 Å². The van der Waals surface area contributed by atoms with Gasteiger partial charge in [-0.15, -0.1) is 0 Å². The molecule has 0 spiro atoms. The smallest absolute Gasteiger partial charge is 0.142 e. The first kappa shape index (κ1) is 16.0. The average molecular weight is 324 g/mol. The summed E-state index contributed by atoms with van der Waals surface area (Å²) in [5.41, 5.74) is 1.91. The van der Waals surface area contributed by atoms with Crippen LogP contribution in [0.1, 0.15) is 19.4 Å². The summed E-state index contributed by atoms with van der Waals surface area (Å²) in [6, 6.07) is 13.4. The molecule has 0 radical (unpaired) electrons. The van der Waals surface area contributed by atoms with Crippen LogP contribution in [0.5, 0.6) is 5.75 Å². The molecule has 0 saturated carbocycles. The van der Waals surface area contributed by atoms with Crippen LogP contribution in [-0.4, -0.2) is 6.61 Å². The molecular formula is C17H19Cl2NO. The van der Waals surface area contributed by atoms with Gasteiger partial charge in [-0.05, 0) is 41.8 Å². The summed E-state index contributed by atoms with van der Waals surface area (Å²) in [5.74, 6) is 1.34. The highest BCUT2D eigenvalue weighted by Gasteiger charge is 2.06. The Morgan fingerprint density at radius 3 is 2.62 bits per heavy atom. The number of hydrogen-bond donors (Lipinski definition) is 1. The zero-order valence-electron chi connectivity index (χ0n) is 12.2. The fraction of sp³-hybridized carbons (Fsp3) is 0.294. The van der Waals surface area contributed by atoms with Gasteiger partial charge in [0, 0.05) is 16.6 Å². The van der Waals surface area contributed by atoms with E-state index in [9.17, 15) is 0 Å². The van der Waals surface area contributed by atoms with Crippen LogP contribution in [0.15, 0.2) is 42.5 Å². The summed E-state index contributed by atoms with van der Waals surface area (Å²) in [7, 11) is 0. The van der Waals surface area contributed by atoms with Gasteiger partial charge in [0.1, 0.15) is 5.75 Å². The van der Waals surface area contributed by atoms with Crippen LogP contribution in [0.4, 0.5) is 5.69 Å². The van der Waals surface area contributed by atoms with Crippen molar-refractivity contribution in [1.29, 1.82) is 0 Å². The van der Waals surface area contributed by atoms with E-state index < -0.39 is 0 Å². The predicted octanol–water partition coefficient (Wildman–Crippen LogP) is 5.64. The van der Waals surface area contributed by atoms with Crippen molar-refractivity contribution in [1.82, 2.24) is 0 Å². The third kappa shape index (κ3) is 4.83. The van der Waals surface area contributed by atoms with Gasteiger partial charge in [-0.2, -0.15) is 0 Å². The van der Waals surface area contributed by atoms with E-state index in [2.05, 4.69) is 19.2 Å². The van der Waals surface area contributed by atoms with Crippen LogP contribution in [0, 0.1) is 5.92 Å². The molecule has 2 aromatic carbocycles. The van der Waals surface area contributed by atoms with E-state index in [1.807, 2.05) is 36.4 Å². The van der Waals surface area contributed by atoms with E-state index in [1.165, 1.54) is 0 Å². The molecule has 0 unspecified atom stereocenters. The van der Waals surface area contributed by atoms with Crippen LogP contribution < -0.4 is 10.1 Å². The second-order valence-corrected chi connectivity index (χ2v) is 6.13. The minimum atomic E-state index is 0.487. The lowest BCUT2D eigenvalue weighted by atomic mass is 10.2. The summed E-state index contributed by atoms with van der Waals surface area (Å²) in [6.07, 6.45) is 0. The number of rotatable bonds is 6. The van der Waals surface area contributed by atoms with Gasteiger partial charge in [-0.1, -0.05) is 49.2 Å². The normalized spacial score (nSPS) is 10.7. The summed E-state index contributed by atoms with van der Waals surface area (Å²) >= 11 is 12.2. The van der Waals surface area contributed by atoms with Crippen LogP contribution in [0.3, 0.4) is 0 Å². The molecule has 0 heterocycles. The van der Waals surface area contributed by atoms with E-state index >= 15 is 0 Å². The Bertz CT molecular complexity index is 599. The minimum Gasteiger partial charge on any atom is -0.491 e. The first-order valence-corrected chi connectivity index (χ1v) is 7.71. The van der Waals surface area contributed by atoms with Crippen LogP contribution in [-0.2, 0) is 6.54 Å². The monoisotopic (exact) mass is 323 g/mol. The lowest BCUT2D eigenvalue weighted by Crippen LogP contribution is -2.07. The van der Waals surface area contributed by atoms with Gasteiger partial charge in [0.25, 0.3) is 0 Å². The Labute approximate surface area is 136 Å². The Morgan fingerprint density at radius 1 is 1.10 bits per heavy atom. The molecule has 2 aromatic rings. The third-order valence-electron chi connectivity index (χ3n) is 2.94. The molecule has 21 heavy (non-hydrogen) atoms. The van der Waals surface area contributed by atoms with Crippen molar-refractivity contribution < 1.29 is 4.74 Å². The van der Waals surface area contributed by atoms with Gasteiger partial charge in [-0.25, -0.2) is 0 Å². The van der Waals surface area contributed by atoms with Crippen LogP contribution >= 0.6 is 23.2 Å². The highest BCUT2D eigenvalue weighted by atomic mass is 35.5. The zero-order chi connectivity index (χ0) is 15.2. The molecule has 0 aliphatic heterocycles. The fourth-order valence-corrected chi connectivity index (χ4v) is 2.24. The molecule has 0 saturated heterocycles. The number of ether oxygens (including phenoxy) is 1. The largest absolute Gasteiger partial charge is 0.491 e. The van der Waals surface area contributed by atoms with Crippen LogP contribution in [0.25, 0.3) is 0 Å². The Balaban J connectivity index is 2.07. The predicted molar refractivity (Wildman–Crippen MR) is 90.6 cm³/mol. The topological polar surface area (TPSA) is 21.3 Å². The molecule has 0 aromatic heterocycles. The number of halogens is 2. The van der Waals surface area contributed by atoms with Crippen molar-refractivity contribution in [2.75, 3.05) is 11.9 Å². The maximum atomic E-state index is 6.18. The number of nitrogens with one attached hydrogen (secondary N) is 1. The fourth-order valence-electron chi connectivity index (χ4n) is 1.86. The lowest BCUT2D eigenvalue weighted by Gasteiger charge is -2.15. The van der Waals surface area contributed by atoms with Gasteiger partial charge in [0.15, 0.2) is 0 Å². The van der Waals surface area contributed by atoms with Gasteiger partial charge in [0.2, 0.25) is 0 Å². The van der Waals surface area contributed by atoms with Gasteiger partial charge in [0.05, 0.1) is 12.3 Å². The van der Waals surface area contributed by atoms with Gasteiger partial charge in [-0.3, -0.25) is 0 Å².